The van der Waals surface area contributed by atoms with Crippen molar-refractivity contribution in [2.75, 3.05) is 6.61 Å². The molecule has 0 aliphatic rings. The van der Waals surface area contributed by atoms with E-state index >= 15 is 0 Å². The lowest BCUT2D eigenvalue weighted by atomic mass is 10.2. The monoisotopic (exact) mass is 377 g/mol. The molecule has 0 spiro atoms. The van der Waals surface area contributed by atoms with Crippen LogP contribution in [0, 0.1) is 6.92 Å². The maximum absolute atomic E-state index is 12.5. The van der Waals surface area contributed by atoms with Crippen molar-refractivity contribution in [2.45, 2.75) is 6.92 Å². The van der Waals surface area contributed by atoms with Crippen molar-refractivity contribution >= 4 is 46.0 Å². The first-order valence-electron chi connectivity index (χ1n) is 7.33. The van der Waals surface area contributed by atoms with Gasteiger partial charge in [0.25, 0.3) is 5.91 Å². The van der Waals surface area contributed by atoms with Crippen LogP contribution in [0.5, 0.6) is 5.75 Å². The van der Waals surface area contributed by atoms with Crippen LogP contribution in [0.4, 0.5) is 0 Å². The lowest BCUT2D eigenvalue weighted by molar-refractivity contribution is 0.0699. The highest BCUT2D eigenvalue weighted by Gasteiger charge is 2.18. The Morgan fingerprint density at radius 3 is 2.60 bits per heavy atom. The van der Waals surface area contributed by atoms with Crippen LogP contribution in [0.2, 0.25) is 10.0 Å². The minimum atomic E-state index is -1.10. The molecule has 3 aromatic rings. The summed E-state index contributed by atoms with van der Waals surface area (Å²) in [6.07, 6.45) is 1.30. The molecule has 25 heavy (non-hydrogen) atoms. The fourth-order valence-corrected chi connectivity index (χ4v) is 3.28. The molecule has 2 aromatic carbocycles. The summed E-state index contributed by atoms with van der Waals surface area (Å²) in [6.45, 7) is 1.48. The maximum atomic E-state index is 12.5. The van der Waals surface area contributed by atoms with Crippen LogP contribution < -0.4 is 4.74 Å². The van der Waals surface area contributed by atoms with Gasteiger partial charge in [0.15, 0.2) is 6.61 Å². The number of aromatic carboxylic acids is 1. The molecule has 3 rings (SSSR count). The molecule has 5 nitrogen and oxygen atoms in total. The largest absolute Gasteiger partial charge is 0.482 e. The first-order valence-corrected chi connectivity index (χ1v) is 8.09. The zero-order valence-corrected chi connectivity index (χ0v) is 14.6. The van der Waals surface area contributed by atoms with Crippen LogP contribution >= 0.6 is 23.2 Å². The van der Waals surface area contributed by atoms with Gasteiger partial charge in [0.1, 0.15) is 5.75 Å². The molecule has 0 fully saturated rings. The number of halogens is 2. The summed E-state index contributed by atoms with van der Waals surface area (Å²) in [5.41, 5.74) is 1.27. The molecule has 0 aliphatic heterocycles. The minimum absolute atomic E-state index is 0.0599. The van der Waals surface area contributed by atoms with Gasteiger partial charge in [-0.05, 0) is 30.7 Å². The van der Waals surface area contributed by atoms with Crippen LogP contribution in [-0.2, 0) is 0 Å². The Hall–Kier alpha value is -2.50. The van der Waals surface area contributed by atoms with Gasteiger partial charge in [0, 0.05) is 16.6 Å². The molecule has 0 atom stereocenters. The average Bonchev–Trinajstić information content (AvgIpc) is 2.93. The predicted octanol–water partition coefficient (Wildman–Crippen LogP) is 4.67. The highest BCUT2D eigenvalue weighted by atomic mass is 35.5. The molecule has 7 heteroatoms. The van der Waals surface area contributed by atoms with E-state index in [2.05, 4.69) is 0 Å². The molecule has 1 aromatic heterocycles. The van der Waals surface area contributed by atoms with E-state index < -0.39 is 11.9 Å². The Morgan fingerprint density at radius 2 is 1.92 bits per heavy atom. The first-order chi connectivity index (χ1) is 11.9. The summed E-state index contributed by atoms with van der Waals surface area (Å²) in [5.74, 6) is -1.14. The van der Waals surface area contributed by atoms with E-state index in [0.717, 1.165) is 0 Å². The fourth-order valence-electron chi connectivity index (χ4n) is 2.63. The highest BCUT2D eigenvalue weighted by molar-refractivity contribution is 6.35. The number of carbonyl (C=O) groups is 2. The summed E-state index contributed by atoms with van der Waals surface area (Å²) < 4.78 is 6.82. The second kappa shape index (κ2) is 6.78. The third-order valence-electron chi connectivity index (χ3n) is 3.75. The van der Waals surface area contributed by atoms with Crippen molar-refractivity contribution in [3.63, 3.8) is 0 Å². The second-order valence-electron chi connectivity index (χ2n) is 5.45. The average molecular weight is 378 g/mol. The summed E-state index contributed by atoms with van der Waals surface area (Å²) in [5, 5.41) is 10.6. The Balaban J connectivity index is 1.90. The van der Waals surface area contributed by atoms with Gasteiger partial charge in [-0.3, -0.25) is 9.36 Å². The summed E-state index contributed by atoms with van der Waals surface area (Å²) in [7, 11) is 0. The van der Waals surface area contributed by atoms with Gasteiger partial charge in [-0.15, -0.1) is 0 Å². The van der Waals surface area contributed by atoms with Crippen LogP contribution in [0.15, 0.2) is 42.6 Å². The Bertz CT molecular complexity index is 971. The van der Waals surface area contributed by atoms with E-state index in [-0.39, 0.29) is 12.2 Å². The molecule has 0 aliphatic carbocycles. The molecular weight excluding hydrogens is 365 g/mol. The molecule has 1 N–H and O–H groups in total. The third kappa shape index (κ3) is 3.34. The van der Waals surface area contributed by atoms with Crippen molar-refractivity contribution in [1.29, 1.82) is 0 Å². The highest BCUT2D eigenvalue weighted by Crippen LogP contribution is 2.32. The number of fused-ring (bicyclic) bond motifs is 1. The number of hydrogen-bond acceptors (Lipinski definition) is 3. The lowest BCUT2D eigenvalue weighted by Crippen LogP contribution is -2.19. The van der Waals surface area contributed by atoms with Crippen LogP contribution in [0.1, 0.15) is 20.7 Å². The first kappa shape index (κ1) is 17.3. The number of hydrogen-bond donors (Lipinski definition) is 1. The Kier molecular flexibility index (Phi) is 4.70. The van der Waals surface area contributed by atoms with Crippen molar-refractivity contribution in [2.24, 2.45) is 0 Å². The summed E-state index contributed by atoms with van der Waals surface area (Å²) in [6, 6.07) is 10.0. The van der Waals surface area contributed by atoms with Crippen molar-refractivity contribution in [3.8, 4) is 5.75 Å². The quantitative estimate of drug-likeness (QED) is 0.716. The van der Waals surface area contributed by atoms with Gasteiger partial charge in [0.05, 0.1) is 16.1 Å². The lowest BCUT2D eigenvalue weighted by Gasteiger charge is -2.11. The number of benzene rings is 2. The number of carboxylic acid groups (broad SMARTS) is 1. The van der Waals surface area contributed by atoms with E-state index in [1.54, 1.807) is 37.3 Å². The number of aromatic nitrogens is 1. The molecule has 0 saturated heterocycles. The molecule has 1 heterocycles. The van der Waals surface area contributed by atoms with Crippen LogP contribution in [-0.4, -0.2) is 28.2 Å². The normalized spacial score (nSPS) is 10.8. The van der Waals surface area contributed by atoms with Crippen molar-refractivity contribution in [1.82, 2.24) is 4.57 Å². The van der Waals surface area contributed by atoms with E-state index in [0.29, 0.717) is 32.3 Å². The molecule has 0 amide bonds. The second-order valence-corrected chi connectivity index (χ2v) is 6.29. The third-order valence-corrected chi connectivity index (χ3v) is 4.24. The maximum Gasteiger partial charge on any atom is 0.337 e. The van der Waals surface area contributed by atoms with Gasteiger partial charge in [-0.2, -0.15) is 0 Å². The number of ether oxygens (including phenoxy) is 1. The van der Waals surface area contributed by atoms with Gasteiger partial charge < -0.3 is 9.84 Å². The zero-order valence-electron chi connectivity index (χ0n) is 13.1. The smallest absolute Gasteiger partial charge is 0.337 e. The molecular formula is C18H13Cl2NO4. The molecule has 128 valence electrons. The van der Waals surface area contributed by atoms with Gasteiger partial charge >= 0.3 is 5.97 Å². The van der Waals surface area contributed by atoms with E-state index in [1.807, 2.05) is 0 Å². The molecule has 0 radical (unpaired) electrons. The molecule has 0 unspecified atom stereocenters. The SMILES string of the molecule is Cc1cc(Cl)cc(Cl)c1OCC(=O)n1cc(C(=O)O)c2ccccc21. The van der Waals surface area contributed by atoms with Crippen LogP contribution in [0.25, 0.3) is 10.9 Å². The minimum Gasteiger partial charge on any atom is -0.482 e. The fraction of sp³-hybridized carbons (Fsp3) is 0.111. The van der Waals surface area contributed by atoms with Crippen molar-refractivity contribution < 1.29 is 19.4 Å². The number of carbonyl (C=O) groups excluding carboxylic acids is 1. The van der Waals surface area contributed by atoms with Crippen molar-refractivity contribution in [3.05, 3.63) is 63.8 Å². The van der Waals surface area contributed by atoms with E-state index in [4.69, 9.17) is 27.9 Å². The Morgan fingerprint density at radius 1 is 1.20 bits per heavy atom. The van der Waals surface area contributed by atoms with Crippen LogP contribution in [0.3, 0.4) is 0 Å². The predicted molar refractivity (Wildman–Crippen MR) is 96.2 cm³/mol. The summed E-state index contributed by atoms with van der Waals surface area (Å²) in [4.78, 5) is 23.9. The van der Waals surface area contributed by atoms with Gasteiger partial charge in [-0.1, -0.05) is 41.4 Å². The zero-order chi connectivity index (χ0) is 18.1. The topological polar surface area (TPSA) is 68.5 Å². The number of rotatable bonds is 4. The van der Waals surface area contributed by atoms with E-state index in [1.165, 1.54) is 16.8 Å². The van der Waals surface area contributed by atoms with E-state index in [9.17, 15) is 14.7 Å². The Labute approximate surface area is 153 Å². The number of para-hydroxylation sites is 1. The molecule has 0 saturated carbocycles. The molecule has 0 bridgehead atoms. The number of carboxylic acids is 1. The summed E-state index contributed by atoms with van der Waals surface area (Å²) >= 11 is 12.0. The number of nitrogens with zero attached hydrogens (tertiary/aromatic N) is 1. The van der Waals surface area contributed by atoms with Gasteiger partial charge in [0.2, 0.25) is 0 Å². The van der Waals surface area contributed by atoms with Gasteiger partial charge in [-0.25, -0.2) is 4.79 Å². The standard InChI is InChI=1S/C18H13Cl2NO4/c1-10-6-11(19)7-14(20)17(10)25-9-16(22)21-8-13(18(23)24)12-4-2-3-5-15(12)21/h2-8H,9H2,1H3,(H,23,24). The number of aryl methyl sites for hydroxylation is 1.